The molecule has 0 unspecified atom stereocenters. The van der Waals surface area contributed by atoms with Gasteiger partial charge < -0.3 is 9.64 Å². The first-order valence-corrected chi connectivity index (χ1v) is 8.04. The van der Waals surface area contributed by atoms with Gasteiger partial charge in [0.25, 0.3) is 11.6 Å². The summed E-state index contributed by atoms with van der Waals surface area (Å²) in [5, 5.41) is 10.8. The maximum atomic E-state index is 12.2. The fraction of sp³-hybridized carbons (Fsp3) is 0.500. The van der Waals surface area contributed by atoms with Crippen molar-refractivity contribution in [1.82, 2.24) is 4.90 Å². The third kappa shape index (κ3) is 4.44. The summed E-state index contributed by atoms with van der Waals surface area (Å²) < 4.78 is 4.99. The number of likely N-dealkylation sites (tertiary alicyclic amines) is 1. The number of carbonyl (C=O) groups is 2. The van der Waals surface area contributed by atoms with E-state index in [1.165, 1.54) is 12.1 Å². The third-order valence-corrected chi connectivity index (χ3v) is 4.26. The zero-order chi connectivity index (χ0) is 17.9. The maximum Gasteiger partial charge on any atom is 0.340 e. The molecule has 130 valence electrons. The van der Waals surface area contributed by atoms with Crippen molar-refractivity contribution in [2.75, 3.05) is 19.7 Å². The molecule has 8 heteroatoms. The Morgan fingerprint density at radius 2 is 1.96 bits per heavy atom. The Labute approximate surface area is 144 Å². The van der Waals surface area contributed by atoms with Crippen LogP contribution in [0.3, 0.4) is 0 Å². The number of halogens is 1. The van der Waals surface area contributed by atoms with Crippen molar-refractivity contribution in [2.45, 2.75) is 20.3 Å². The van der Waals surface area contributed by atoms with Crippen LogP contribution in [0, 0.1) is 22.0 Å². The van der Waals surface area contributed by atoms with Gasteiger partial charge in [-0.15, -0.1) is 0 Å². The molecule has 1 aliphatic rings. The SMILES string of the molecule is C[C@H]1C[C@H](C)CN(C(=O)COC(=O)c2cc([N+](=O)[O-])ccc2Cl)C1. The van der Waals surface area contributed by atoms with Gasteiger partial charge in [-0.05, 0) is 24.3 Å². The van der Waals surface area contributed by atoms with Crippen LogP contribution in [-0.4, -0.2) is 41.4 Å². The largest absolute Gasteiger partial charge is 0.452 e. The third-order valence-electron chi connectivity index (χ3n) is 3.93. The average molecular weight is 355 g/mol. The highest BCUT2D eigenvalue weighted by Crippen LogP contribution is 2.23. The molecule has 1 amide bonds. The summed E-state index contributed by atoms with van der Waals surface area (Å²) in [5.74, 6) is -0.322. The highest BCUT2D eigenvalue weighted by Gasteiger charge is 2.26. The van der Waals surface area contributed by atoms with Crippen LogP contribution in [0.15, 0.2) is 18.2 Å². The summed E-state index contributed by atoms with van der Waals surface area (Å²) in [7, 11) is 0. The molecule has 0 aliphatic carbocycles. The number of nitro groups is 1. The summed E-state index contributed by atoms with van der Waals surface area (Å²) in [6.07, 6.45) is 1.06. The minimum atomic E-state index is -0.852. The molecule has 0 spiro atoms. The van der Waals surface area contributed by atoms with E-state index in [4.69, 9.17) is 16.3 Å². The Morgan fingerprint density at radius 1 is 1.33 bits per heavy atom. The first kappa shape index (κ1) is 18.2. The highest BCUT2D eigenvalue weighted by atomic mass is 35.5. The number of hydrogen-bond acceptors (Lipinski definition) is 5. The topological polar surface area (TPSA) is 89.8 Å². The Morgan fingerprint density at radius 3 is 2.54 bits per heavy atom. The Hall–Kier alpha value is -2.15. The molecule has 2 atom stereocenters. The molecular weight excluding hydrogens is 336 g/mol. The molecule has 24 heavy (non-hydrogen) atoms. The molecule has 0 N–H and O–H groups in total. The smallest absolute Gasteiger partial charge is 0.340 e. The van der Waals surface area contributed by atoms with Gasteiger partial charge in [0.1, 0.15) is 0 Å². The normalized spacial score (nSPS) is 20.5. The second-order valence-electron chi connectivity index (χ2n) is 6.24. The highest BCUT2D eigenvalue weighted by molar-refractivity contribution is 6.33. The number of rotatable bonds is 4. The molecule has 1 heterocycles. The molecule has 1 aromatic carbocycles. The van der Waals surface area contributed by atoms with Crippen LogP contribution in [0.25, 0.3) is 0 Å². The van der Waals surface area contributed by atoms with E-state index in [1.807, 2.05) is 0 Å². The zero-order valence-corrected chi connectivity index (χ0v) is 14.3. The van der Waals surface area contributed by atoms with E-state index in [0.717, 1.165) is 12.5 Å². The molecule has 0 aromatic heterocycles. The minimum absolute atomic E-state index is 0.0401. The lowest BCUT2D eigenvalue weighted by molar-refractivity contribution is -0.384. The standard InChI is InChI=1S/C16H19ClN2O5/c1-10-5-11(2)8-18(7-10)15(20)9-24-16(21)13-6-12(19(22)23)3-4-14(13)17/h3-4,6,10-11H,5,7-9H2,1-2H3/t10-,11-/m0/s1. The first-order chi connectivity index (χ1) is 11.3. The second kappa shape index (κ2) is 7.61. The maximum absolute atomic E-state index is 12.2. The number of benzene rings is 1. The van der Waals surface area contributed by atoms with Crippen molar-refractivity contribution in [3.8, 4) is 0 Å². The fourth-order valence-corrected chi connectivity index (χ4v) is 3.14. The van der Waals surface area contributed by atoms with Crippen LogP contribution in [0.2, 0.25) is 5.02 Å². The number of amides is 1. The van der Waals surface area contributed by atoms with Crippen LogP contribution in [0.4, 0.5) is 5.69 Å². The van der Waals surface area contributed by atoms with Crippen LogP contribution < -0.4 is 0 Å². The number of hydrogen-bond donors (Lipinski definition) is 0. The lowest BCUT2D eigenvalue weighted by Crippen LogP contribution is -2.44. The van der Waals surface area contributed by atoms with Gasteiger partial charge >= 0.3 is 5.97 Å². The molecule has 7 nitrogen and oxygen atoms in total. The van der Waals surface area contributed by atoms with Crippen LogP contribution in [0.5, 0.6) is 0 Å². The van der Waals surface area contributed by atoms with Crippen molar-refractivity contribution in [3.63, 3.8) is 0 Å². The summed E-state index contributed by atoms with van der Waals surface area (Å²) in [6.45, 7) is 5.02. The molecule has 1 fully saturated rings. The fourth-order valence-electron chi connectivity index (χ4n) is 2.95. The monoisotopic (exact) mass is 354 g/mol. The number of piperidine rings is 1. The number of ether oxygens (including phenoxy) is 1. The molecule has 0 radical (unpaired) electrons. The summed E-state index contributed by atoms with van der Waals surface area (Å²) in [4.78, 5) is 36.1. The number of nitro benzene ring substituents is 1. The van der Waals surface area contributed by atoms with Crippen molar-refractivity contribution < 1.29 is 19.2 Å². The van der Waals surface area contributed by atoms with Gasteiger partial charge in [0.15, 0.2) is 6.61 Å². The Balaban J connectivity index is 1.99. The average Bonchev–Trinajstić information content (AvgIpc) is 2.51. The predicted molar refractivity (Wildman–Crippen MR) is 87.9 cm³/mol. The van der Waals surface area contributed by atoms with Crippen LogP contribution >= 0.6 is 11.6 Å². The molecule has 0 saturated carbocycles. The van der Waals surface area contributed by atoms with Gasteiger partial charge in [-0.3, -0.25) is 14.9 Å². The first-order valence-electron chi connectivity index (χ1n) is 7.66. The van der Waals surface area contributed by atoms with Crippen LogP contribution in [-0.2, 0) is 9.53 Å². The van der Waals surface area contributed by atoms with E-state index in [9.17, 15) is 19.7 Å². The van der Waals surface area contributed by atoms with Crippen molar-refractivity contribution in [1.29, 1.82) is 0 Å². The van der Waals surface area contributed by atoms with Gasteiger partial charge in [0, 0.05) is 25.2 Å². The molecule has 0 bridgehead atoms. The van der Waals surface area contributed by atoms with Gasteiger partial charge in [-0.25, -0.2) is 4.79 Å². The number of nitrogens with zero attached hydrogens (tertiary/aromatic N) is 2. The molecule has 1 aromatic rings. The molecule has 1 saturated heterocycles. The lowest BCUT2D eigenvalue weighted by atomic mass is 9.92. The summed E-state index contributed by atoms with van der Waals surface area (Å²) in [5.41, 5.74) is -0.393. The zero-order valence-electron chi connectivity index (χ0n) is 13.5. The predicted octanol–water partition coefficient (Wildman–Crippen LogP) is 2.91. The van der Waals surface area contributed by atoms with Gasteiger partial charge in [0.05, 0.1) is 15.5 Å². The van der Waals surface area contributed by atoms with Gasteiger partial charge in [0.2, 0.25) is 0 Å². The lowest BCUT2D eigenvalue weighted by Gasteiger charge is -2.34. The molecule has 2 rings (SSSR count). The van der Waals surface area contributed by atoms with Crippen molar-refractivity contribution >= 4 is 29.2 Å². The van der Waals surface area contributed by atoms with E-state index < -0.39 is 17.5 Å². The van der Waals surface area contributed by atoms with Crippen LogP contribution in [0.1, 0.15) is 30.6 Å². The van der Waals surface area contributed by atoms with Gasteiger partial charge in [-0.2, -0.15) is 0 Å². The number of non-ortho nitro benzene ring substituents is 1. The summed E-state index contributed by atoms with van der Waals surface area (Å²) in [6, 6.07) is 3.49. The van der Waals surface area contributed by atoms with E-state index in [1.54, 1.807) is 4.90 Å². The van der Waals surface area contributed by atoms with E-state index in [0.29, 0.717) is 24.9 Å². The quantitative estimate of drug-likeness (QED) is 0.471. The Bertz CT molecular complexity index is 654. The van der Waals surface area contributed by atoms with E-state index >= 15 is 0 Å². The number of carbonyl (C=O) groups excluding carboxylic acids is 2. The molecular formula is C16H19ClN2O5. The second-order valence-corrected chi connectivity index (χ2v) is 6.65. The van der Waals surface area contributed by atoms with Crippen molar-refractivity contribution in [3.05, 3.63) is 38.9 Å². The van der Waals surface area contributed by atoms with Gasteiger partial charge in [-0.1, -0.05) is 25.4 Å². The van der Waals surface area contributed by atoms with E-state index in [-0.39, 0.29) is 22.2 Å². The number of esters is 1. The Kier molecular flexibility index (Phi) is 5.77. The molecule has 1 aliphatic heterocycles. The minimum Gasteiger partial charge on any atom is -0.452 e. The summed E-state index contributed by atoms with van der Waals surface area (Å²) >= 11 is 5.88. The van der Waals surface area contributed by atoms with Crippen molar-refractivity contribution in [2.24, 2.45) is 11.8 Å². The van der Waals surface area contributed by atoms with E-state index in [2.05, 4.69) is 13.8 Å².